The number of furan rings is 1. The van der Waals surface area contributed by atoms with Gasteiger partial charge in [-0.1, -0.05) is 172 Å². The first-order chi connectivity index (χ1) is 35.5. The van der Waals surface area contributed by atoms with Crippen LogP contribution in [0.5, 0.6) is 0 Å². The second kappa shape index (κ2) is 14.4. The van der Waals surface area contributed by atoms with Crippen molar-refractivity contribution >= 4 is 98.0 Å². The zero-order chi connectivity index (χ0) is 47.4. The molecular formula is C67H42N4O. The summed E-state index contributed by atoms with van der Waals surface area (Å²) in [5.74, 6) is 0.594. The average Bonchev–Trinajstić information content (AvgIpc) is 4.16. The Morgan fingerprint density at radius 1 is 0.403 bits per heavy atom. The molecule has 0 aliphatic heterocycles. The molecular weight excluding hydrogens is 877 g/mol. The van der Waals surface area contributed by atoms with Gasteiger partial charge in [0, 0.05) is 59.8 Å². The summed E-state index contributed by atoms with van der Waals surface area (Å²) in [5, 5.41) is 12.4. The molecule has 1 aliphatic rings. The molecule has 0 radical (unpaired) electrons. The second-order valence-corrected chi connectivity index (χ2v) is 20.0. The summed E-state index contributed by atoms with van der Waals surface area (Å²) in [5.41, 5.74) is 17.3. The van der Waals surface area contributed by atoms with Crippen molar-refractivity contribution in [1.29, 1.82) is 0 Å². The maximum absolute atomic E-state index is 7.11. The summed E-state index contributed by atoms with van der Waals surface area (Å²) in [6.45, 7) is 4.68. The van der Waals surface area contributed by atoms with Gasteiger partial charge in [0.2, 0.25) is 5.95 Å². The van der Waals surface area contributed by atoms with Crippen LogP contribution in [0.4, 0.5) is 0 Å². The quantitative estimate of drug-likeness (QED) is 0.165. The Morgan fingerprint density at radius 2 is 1.03 bits per heavy atom. The van der Waals surface area contributed by atoms with Gasteiger partial charge < -0.3 is 8.98 Å². The van der Waals surface area contributed by atoms with E-state index in [1.165, 1.54) is 44.1 Å². The van der Waals surface area contributed by atoms with Crippen LogP contribution in [0.3, 0.4) is 0 Å². The monoisotopic (exact) mass is 918 g/mol. The Hall–Kier alpha value is -9.32. The first kappa shape index (κ1) is 39.5. The highest BCUT2D eigenvalue weighted by molar-refractivity contribution is 6.35. The zero-order valence-electron chi connectivity index (χ0n) is 39.5. The summed E-state index contributed by atoms with van der Waals surface area (Å²) in [4.78, 5) is 11.4. The number of fused-ring (bicyclic) bond motifs is 19. The second-order valence-electron chi connectivity index (χ2n) is 20.0. The van der Waals surface area contributed by atoms with Crippen LogP contribution < -0.4 is 0 Å². The van der Waals surface area contributed by atoms with E-state index in [4.69, 9.17) is 14.4 Å². The van der Waals surface area contributed by atoms with Crippen molar-refractivity contribution in [2.24, 2.45) is 0 Å². The summed E-state index contributed by atoms with van der Waals surface area (Å²) in [6.07, 6.45) is 0. The third-order valence-corrected chi connectivity index (χ3v) is 15.9. The van der Waals surface area contributed by atoms with Gasteiger partial charge in [0.15, 0.2) is 5.58 Å². The number of benzene rings is 11. The van der Waals surface area contributed by atoms with Gasteiger partial charge in [-0.3, -0.25) is 4.57 Å². The third-order valence-electron chi connectivity index (χ3n) is 15.9. The molecule has 4 aromatic heterocycles. The van der Waals surface area contributed by atoms with Crippen LogP contribution in [0.2, 0.25) is 0 Å². The van der Waals surface area contributed by atoms with Gasteiger partial charge in [0.1, 0.15) is 11.1 Å². The van der Waals surface area contributed by atoms with Crippen LogP contribution in [0.25, 0.3) is 143 Å². The van der Waals surface area contributed by atoms with E-state index in [0.29, 0.717) is 5.95 Å². The van der Waals surface area contributed by atoms with Crippen molar-refractivity contribution < 1.29 is 4.42 Å². The van der Waals surface area contributed by atoms with Crippen LogP contribution >= 0.6 is 0 Å². The summed E-state index contributed by atoms with van der Waals surface area (Å²) < 4.78 is 11.8. The van der Waals surface area contributed by atoms with E-state index in [-0.39, 0.29) is 5.41 Å². The van der Waals surface area contributed by atoms with Crippen molar-refractivity contribution in [3.8, 4) is 45.1 Å². The Bertz CT molecular complexity index is 4840. The number of nitrogens with zero attached hydrogens (tertiary/aromatic N) is 4. The highest BCUT2D eigenvalue weighted by Crippen LogP contribution is 2.51. The molecule has 1 aliphatic carbocycles. The molecule has 72 heavy (non-hydrogen) atoms. The minimum atomic E-state index is -0.178. The molecule has 11 aromatic carbocycles. The van der Waals surface area contributed by atoms with Gasteiger partial charge in [0.25, 0.3) is 0 Å². The Labute approximate surface area is 413 Å². The number of aromatic nitrogens is 4. The number of hydrogen-bond donors (Lipinski definition) is 0. The fraction of sp³-hybridized carbons (Fsp3) is 0.0448. The molecule has 16 rings (SSSR count). The Balaban J connectivity index is 1.01. The fourth-order valence-corrected chi connectivity index (χ4v) is 12.6. The number of hydrogen-bond acceptors (Lipinski definition) is 3. The summed E-state index contributed by atoms with van der Waals surface area (Å²) >= 11 is 0. The Morgan fingerprint density at radius 3 is 1.86 bits per heavy atom. The maximum Gasteiger partial charge on any atom is 0.235 e. The number of para-hydroxylation sites is 3. The first-order valence-electron chi connectivity index (χ1n) is 24.8. The molecule has 0 amide bonds. The predicted octanol–water partition coefficient (Wildman–Crippen LogP) is 17.7. The van der Waals surface area contributed by atoms with E-state index in [1.807, 2.05) is 0 Å². The van der Waals surface area contributed by atoms with E-state index in [0.717, 1.165) is 104 Å². The van der Waals surface area contributed by atoms with Gasteiger partial charge in [-0.15, -0.1) is 0 Å². The van der Waals surface area contributed by atoms with Gasteiger partial charge in [-0.05, 0) is 110 Å². The molecule has 5 nitrogen and oxygen atoms in total. The van der Waals surface area contributed by atoms with Crippen LogP contribution in [0.15, 0.2) is 223 Å². The van der Waals surface area contributed by atoms with Crippen LogP contribution in [-0.4, -0.2) is 19.1 Å². The smallest absolute Gasteiger partial charge is 0.235 e. The lowest BCUT2D eigenvalue weighted by molar-refractivity contribution is 0.660. The molecule has 0 saturated carbocycles. The van der Waals surface area contributed by atoms with Gasteiger partial charge in [-0.25, -0.2) is 9.97 Å². The minimum absolute atomic E-state index is 0.178. The molecule has 0 fully saturated rings. The molecule has 4 heterocycles. The third kappa shape index (κ3) is 5.31. The van der Waals surface area contributed by atoms with Crippen LogP contribution in [0, 0.1) is 0 Å². The zero-order valence-corrected chi connectivity index (χ0v) is 39.5. The highest BCUT2D eigenvalue weighted by Gasteiger charge is 2.36. The van der Waals surface area contributed by atoms with E-state index in [2.05, 4.69) is 241 Å². The van der Waals surface area contributed by atoms with Gasteiger partial charge >= 0.3 is 0 Å². The van der Waals surface area contributed by atoms with Crippen molar-refractivity contribution in [2.45, 2.75) is 19.3 Å². The topological polar surface area (TPSA) is 48.8 Å². The largest absolute Gasteiger partial charge is 0.454 e. The molecule has 0 saturated heterocycles. The molecule has 0 unspecified atom stereocenters. The van der Waals surface area contributed by atoms with E-state index in [1.54, 1.807) is 0 Å². The molecule has 5 heteroatoms. The van der Waals surface area contributed by atoms with E-state index >= 15 is 0 Å². The normalized spacial score (nSPS) is 13.2. The lowest BCUT2D eigenvalue weighted by Crippen LogP contribution is -2.15. The maximum atomic E-state index is 7.11. The predicted molar refractivity (Wildman–Crippen MR) is 299 cm³/mol. The van der Waals surface area contributed by atoms with Gasteiger partial charge in [-0.2, -0.15) is 0 Å². The molecule has 0 spiro atoms. The molecule has 0 N–H and O–H groups in total. The number of rotatable bonds is 4. The fourth-order valence-electron chi connectivity index (χ4n) is 12.6. The van der Waals surface area contributed by atoms with E-state index in [9.17, 15) is 0 Å². The molecule has 15 aromatic rings. The lowest BCUT2D eigenvalue weighted by atomic mass is 9.82. The van der Waals surface area contributed by atoms with Crippen molar-refractivity contribution in [1.82, 2.24) is 19.1 Å². The van der Waals surface area contributed by atoms with Crippen molar-refractivity contribution in [2.75, 3.05) is 0 Å². The Kier molecular flexibility index (Phi) is 7.89. The van der Waals surface area contributed by atoms with Crippen LogP contribution in [0.1, 0.15) is 25.0 Å². The standard InChI is InChI=1S/C67H42N4O/c1-67(2)54-25-13-10-20-45(54)46-32-29-42(38-55(46)67)62-51-33-28-39-16-6-7-19-44(39)63(51)69-66(68-62)71-58-35-31-41(40-30-34-57-52(36-40)47-21-11-14-26-56(47)70(57)43-17-4-3-5-18-43)37-53(58)60-48-22-8-9-23-49(48)61-50-24-12-15-27-59(50)72-65(61)64(60)71/h3-38H,1-2H3. The van der Waals surface area contributed by atoms with E-state index < -0.39 is 0 Å². The first-order valence-corrected chi connectivity index (χ1v) is 24.8. The molecule has 336 valence electrons. The van der Waals surface area contributed by atoms with Crippen LogP contribution in [-0.2, 0) is 5.41 Å². The average molecular weight is 919 g/mol. The summed E-state index contributed by atoms with van der Waals surface area (Å²) in [7, 11) is 0. The lowest BCUT2D eigenvalue weighted by Gasteiger charge is -2.22. The minimum Gasteiger partial charge on any atom is -0.454 e. The van der Waals surface area contributed by atoms with Crippen molar-refractivity contribution in [3.05, 3.63) is 230 Å². The molecule has 0 bridgehead atoms. The SMILES string of the molecule is CC1(C)c2ccccc2-c2ccc(-c3nc(-n4c5ccc(-c6ccc7c(c6)c6ccccc6n7-c6ccccc6)cc5c5c6ccccc6c6c7ccccc7oc6c54)nc4c3ccc3ccccc34)cc21. The summed E-state index contributed by atoms with van der Waals surface area (Å²) in [6, 6.07) is 79.2. The van der Waals surface area contributed by atoms with Gasteiger partial charge in [0.05, 0.1) is 27.8 Å². The highest BCUT2D eigenvalue weighted by atomic mass is 16.3. The molecule has 0 atom stereocenters. The van der Waals surface area contributed by atoms with Crippen molar-refractivity contribution in [3.63, 3.8) is 0 Å².